The highest BCUT2D eigenvalue weighted by Crippen LogP contribution is 2.34. The molecule has 7 heteroatoms. The maximum absolute atomic E-state index is 11.0. The molecular formula is C15H16N2O4S. The fourth-order valence-electron chi connectivity index (χ4n) is 2.54. The zero-order valence-corrected chi connectivity index (χ0v) is 12.9. The first-order valence-electron chi connectivity index (χ1n) is 6.91. The Morgan fingerprint density at radius 3 is 3.00 bits per heavy atom. The van der Waals surface area contributed by atoms with Gasteiger partial charge in [-0.2, -0.15) is 0 Å². The standard InChI is InChI=1S/C15H16N2O4S/c1-20-13-9-11(4-5-12(13)17(18)19)16-6-7-21-14(10-16)15-3-2-8-22-15/h2-5,8-9,14H,6-7,10H2,1H3. The molecule has 1 saturated heterocycles. The van der Waals surface area contributed by atoms with Crippen molar-refractivity contribution in [1.82, 2.24) is 0 Å². The molecule has 0 amide bonds. The number of ether oxygens (including phenoxy) is 2. The normalized spacial score (nSPS) is 18.2. The Morgan fingerprint density at radius 1 is 1.45 bits per heavy atom. The van der Waals surface area contributed by atoms with E-state index in [0.29, 0.717) is 6.61 Å². The van der Waals surface area contributed by atoms with Crippen LogP contribution in [0.4, 0.5) is 11.4 Å². The van der Waals surface area contributed by atoms with Gasteiger partial charge >= 0.3 is 5.69 Å². The van der Waals surface area contributed by atoms with Crippen LogP contribution in [-0.2, 0) is 4.74 Å². The number of rotatable bonds is 4. The monoisotopic (exact) mass is 320 g/mol. The van der Waals surface area contributed by atoms with Gasteiger partial charge in [0.1, 0.15) is 6.10 Å². The highest BCUT2D eigenvalue weighted by Gasteiger charge is 2.24. The lowest BCUT2D eigenvalue weighted by Crippen LogP contribution is -2.38. The van der Waals surface area contributed by atoms with Gasteiger partial charge in [0.05, 0.1) is 18.6 Å². The van der Waals surface area contributed by atoms with Crippen molar-refractivity contribution < 1.29 is 14.4 Å². The first-order valence-corrected chi connectivity index (χ1v) is 7.79. The Morgan fingerprint density at radius 2 is 2.32 bits per heavy atom. The largest absolute Gasteiger partial charge is 0.490 e. The molecule has 0 aliphatic carbocycles. The molecule has 1 aliphatic rings. The van der Waals surface area contributed by atoms with Crippen LogP contribution in [0.5, 0.6) is 5.75 Å². The number of nitrogens with zero attached hydrogens (tertiary/aromatic N) is 2. The van der Waals surface area contributed by atoms with Crippen LogP contribution in [0.25, 0.3) is 0 Å². The molecule has 0 spiro atoms. The van der Waals surface area contributed by atoms with Crippen LogP contribution in [-0.4, -0.2) is 31.7 Å². The fourth-order valence-corrected chi connectivity index (χ4v) is 3.31. The second kappa shape index (κ2) is 6.33. The Bertz CT molecular complexity index is 660. The number of thiophene rings is 1. The van der Waals surface area contributed by atoms with Crippen molar-refractivity contribution in [3.05, 3.63) is 50.7 Å². The highest BCUT2D eigenvalue weighted by atomic mass is 32.1. The van der Waals surface area contributed by atoms with Gasteiger partial charge in [-0.1, -0.05) is 6.07 Å². The Labute approximate surface area is 132 Å². The quantitative estimate of drug-likeness (QED) is 0.639. The van der Waals surface area contributed by atoms with Gasteiger partial charge < -0.3 is 14.4 Å². The van der Waals surface area contributed by atoms with Crippen LogP contribution in [0.3, 0.4) is 0 Å². The van der Waals surface area contributed by atoms with Crippen molar-refractivity contribution in [3.8, 4) is 5.75 Å². The summed E-state index contributed by atoms with van der Waals surface area (Å²) in [6.07, 6.45) is 0.0370. The number of nitro benzene ring substituents is 1. The minimum absolute atomic E-state index is 0.0192. The van der Waals surface area contributed by atoms with Crippen LogP contribution in [0.2, 0.25) is 0 Å². The number of benzene rings is 1. The van der Waals surface area contributed by atoms with Crippen LogP contribution >= 0.6 is 11.3 Å². The predicted molar refractivity (Wildman–Crippen MR) is 84.9 cm³/mol. The predicted octanol–water partition coefficient (Wildman–Crippen LogP) is 3.24. The van der Waals surface area contributed by atoms with E-state index in [1.54, 1.807) is 23.5 Å². The zero-order chi connectivity index (χ0) is 15.5. The van der Waals surface area contributed by atoms with Gasteiger partial charge in [-0.25, -0.2) is 0 Å². The lowest BCUT2D eigenvalue weighted by molar-refractivity contribution is -0.385. The maximum atomic E-state index is 11.0. The first-order chi connectivity index (χ1) is 10.7. The molecule has 2 heterocycles. The van der Waals surface area contributed by atoms with Crippen LogP contribution in [0.1, 0.15) is 11.0 Å². The number of anilines is 1. The number of nitro groups is 1. The molecule has 0 N–H and O–H groups in total. The molecule has 0 bridgehead atoms. The molecule has 3 rings (SSSR count). The summed E-state index contributed by atoms with van der Waals surface area (Å²) in [5.74, 6) is 0.279. The van der Waals surface area contributed by atoms with E-state index in [-0.39, 0.29) is 17.5 Å². The van der Waals surface area contributed by atoms with Crippen molar-refractivity contribution in [2.24, 2.45) is 0 Å². The van der Waals surface area contributed by atoms with Crippen molar-refractivity contribution >= 4 is 22.7 Å². The zero-order valence-electron chi connectivity index (χ0n) is 12.1. The van der Waals surface area contributed by atoms with Gasteiger partial charge in [-0.3, -0.25) is 10.1 Å². The molecule has 6 nitrogen and oxygen atoms in total. The van der Waals surface area contributed by atoms with Crippen molar-refractivity contribution in [3.63, 3.8) is 0 Å². The smallest absolute Gasteiger partial charge is 0.311 e. The SMILES string of the molecule is COc1cc(N2CCOC(c3cccs3)C2)ccc1[N+](=O)[O-]. The molecule has 1 atom stereocenters. The number of hydrogen-bond acceptors (Lipinski definition) is 6. The molecule has 116 valence electrons. The van der Waals surface area contributed by atoms with E-state index in [2.05, 4.69) is 11.0 Å². The summed E-state index contributed by atoms with van der Waals surface area (Å²) in [5, 5.41) is 13.0. The van der Waals surface area contributed by atoms with Crippen molar-refractivity contribution in [2.75, 3.05) is 31.7 Å². The molecule has 1 unspecified atom stereocenters. The fraction of sp³-hybridized carbons (Fsp3) is 0.333. The van der Waals surface area contributed by atoms with E-state index in [1.165, 1.54) is 18.1 Å². The van der Waals surface area contributed by atoms with Gasteiger partial charge in [0.2, 0.25) is 0 Å². The molecule has 22 heavy (non-hydrogen) atoms. The molecular weight excluding hydrogens is 304 g/mol. The molecule has 0 radical (unpaired) electrons. The van der Waals surface area contributed by atoms with Gasteiger partial charge in [-0.15, -0.1) is 11.3 Å². The maximum Gasteiger partial charge on any atom is 0.311 e. The lowest BCUT2D eigenvalue weighted by atomic mass is 10.2. The minimum Gasteiger partial charge on any atom is -0.490 e. The summed E-state index contributed by atoms with van der Waals surface area (Å²) in [4.78, 5) is 13.9. The van der Waals surface area contributed by atoms with Crippen molar-refractivity contribution in [2.45, 2.75) is 6.10 Å². The third kappa shape index (κ3) is 2.90. The summed E-state index contributed by atoms with van der Waals surface area (Å²) < 4.78 is 11.0. The van der Waals surface area contributed by atoms with Crippen molar-refractivity contribution in [1.29, 1.82) is 0 Å². The van der Waals surface area contributed by atoms with E-state index < -0.39 is 4.92 Å². The summed E-state index contributed by atoms with van der Waals surface area (Å²) in [5.41, 5.74) is 0.890. The summed E-state index contributed by atoms with van der Waals surface area (Å²) in [7, 11) is 1.44. The molecule has 1 fully saturated rings. The average Bonchev–Trinajstić information content (AvgIpc) is 3.08. The third-order valence-electron chi connectivity index (χ3n) is 3.65. The van der Waals surface area contributed by atoms with E-state index in [1.807, 2.05) is 11.4 Å². The number of methoxy groups -OCH3 is 1. The van der Waals surface area contributed by atoms with Crippen LogP contribution < -0.4 is 9.64 Å². The lowest BCUT2D eigenvalue weighted by Gasteiger charge is -2.34. The van der Waals surface area contributed by atoms with E-state index in [4.69, 9.17) is 9.47 Å². The highest BCUT2D eigenvalue weighted by molar-refractivity contribution is 7.10. The first kappa shape index (κ1) is 14.8. The Balaban J connectivity index is 1.83. The molecule has 2 aromatic rings. The van der Waals surface area contributed by atoms with E-state index in [0.717, 1.165) is 18.8 Å². The van der Waals surface area contributed by atoms with Gasteiger partial charge in [-0.05, 0) is 17.5 Å². The Hall–Kier alpha value is -2.12. The number of hydrogen-bond donors (Lipinski definition) is 0. The summed E-state index contributed by atoms with van der Waals surface area (Å²) in [6.45, 7) is 2.10. The van der Waals surface area contributed by atoms with Crippen LogP contribution in [0.15, 0.2) is 35.7 Å². The summed E-state index contributed by atoms with van der Waals surface area (Å²) >= 11 is 1.68. The minimum atomic E-state index is -0.434. The second-order valence-corrected chi connectivity index (χ2v) is 5.91. The molecule has 0 saturated carbocycles. The van der Waals surface area contributed by atoms with E-state index >= 15 is 0 Å². The molecule has 1 aliphatic heterocycles. The third-order valence-corrected chi connectivity index (χ3v) is 4.62. The Kier molecular flexibility index (Phi) is 4.26. The molecule has 1 aromatic carbocycles. The van der Waals surface area contributed by atoms with Gasteiger partial charge in [0.25, 0.3) is 0 Å². The topological polar surface area (TPSA) is 64.8 Å². The van der Waals surface area contributed by atoms with Crippen LogP contribution in [0, 0.1) is 10.1 Å². The molecule has 1 aromatic heterocycles. The second-order valence-electron chi connectivity index (χ2n) is 4.93. The van der Waals surface area contributed by atoms with Gasteiger partial charge in [0, 0.05) is 35.8 Å². The summed E-state index contributed by atoms with van der Waals surface area (Å²) in [6, 6.07) is 9.04. The number of morpholine rings is 1. The average molecular weight is 320 g/mol. The van der Waals surface area contributed by atoms with Gasteiger partial charge in [0.15, 0.2) is 5.75 Å². The van der Waals surface area contributed by atoms with E-state index in [9.17, 15) is 10.1 Å².